The number of benzene rings is 1. The van der Waals surface area contributed by atoms with Crippen molar-refractivity contribution in [1.29, 1.82) is 0 Å². The number of nitrogens with zero attached hydrogens (tertiary/aromatic N) is 6. The lowest BCUT2D eigenvalue weighted by atomic mass is 9.53. The molecule has 7 nitrogen and oxygen atoms in total. The van der Waals surface area contributed by atoms with Crippen molar-refractivity contribution >= 4 is 0 Å². The van der Waals surface area contributed by atoms with E-state index in [2.05, 4.69) is 44.9 Å². The van der Waals surface area contributed by atoms with Crippen LogP contribution in [0, 0.1) is 29.1 Å². The second-order valence-corrected chi connectivity index (χ2v) is 8.53. The van der Waals surface area contributed by atoms with E-state index in [1.165, 1.54) is 11.1 Å². The highest BCUT2D eigenvalue weighted by Crippen LogP contribution is 2.65. The first-order valence-electron chi connectivity index (χ1n) is 9.93. The van der Waals surface area contributed by atoms with Gasteiger partial charge >= 0.3 is 0 Å². The zero-order valence-corrected chi connectivity index (χ0v) is 16.0. The van der Waals surface area contributed by atoms with E-state index in [1.54, 1.807) is 6.07 Å². The highest BCUT2D eigenvalue weighted by molar-refractivity contribution is 5.41. The summed E-state index contributed by atoms with van der Waals surface area (Å²) in [6.07, 6.45) is 5.83. The van der Waals surface area contributed by atoms with Crippen LogP contribution < -0.4 is 0 Å². The van der Waals surface area contributed by atoms with E-state index in [-0.39, 0.29) is 12.0 Å². The van der Waals surface area contributed by atoms with Crippen LogP contribution in [0.1, 0.15) is 56.1 Å². The summed E-state index contributed by atoms with van der Waals surface area (Å²) in [5.74, 6) is 8.01. The standard InChI is InChI=1S/C21H24N6O/c1-20-10-7-17-16-6-4-15(28)13-14(16)3-5-18(17)19(20)8-11-21(20,25-27-23)9-2-12-24-26-22/h4,6,13,17-19,28H,3,5,7-8,10-12H2,1H3/t17-,18-,19+,20+,21?/m1/s1. The van der Waals surface area contributed by atoms with Crippen molar-refractivity contribution in [3.63, 3.8) is 0 Å². The third kappa shape index (κ3) is 2.69. The molecule has 1 N–H and O–H groups in total. The predicted molar refractivity (Wildman–Crippen MR) is 106 cm³/mol. The first kappa shape index (κ1) is 18.6. The molecule has 0 aliphatic heterocycles. The van der Waals surface area contributed by atoms with Gasteiger partial charge in [-0.05, 0) is 96.0 Å². The van der Waals surface area contributed by atoms with Crippen LogP contribution >= 0.6 is 0 Å². The van der Waals surface area contributed by atoms with Crippen LogP contribution in [0.4, 0.5) is 0 Å². The lowest BCUT2D eigenvalue weighted by molar-refractivity contribution is 0.0329. The fourth-order valence-corrected chi connectivity index (χ4v) is 6.31. The number of aromatic hydroxyl groups is 1. The minimum Gasteiger partial charge on any atom is -0.508 e. The Kier molecular flexibility index (Phi) is 4.63. The van der Waals surface area contributed by atoms with E-state index in [0.717, 1.165) is 38.5 Å². The molecule has 0 saturated heterocycles. The summed E-state index contributed by atoms with van der Waals surface area (Å²) >= 11 is 0. The lowest BCUT2D eigenvalue weighted by Gasteiger charge is -2.52. The summed E-state index contributed by atoms with van der Waals surface area (Å²) in [5.41, 5.74) is 19.5. The molecule has 4 rings (SSSR count). The Morgan fingerprint density at radius 2 is 2.07 bits per heavy atom. The molecule has 0 heterocycles. The fraction of sp³-hybridized carbons (Fsp3) is 0.619. The molecule has 0 spiro atoms. The third-order valence-corrected chi connectivity index (χ3v) is 7.59. The summed E-state index contributed by atoms with van der Waals surface area (Å²) in [6.45, 7) is 2.34. The van der Waals surface area contributed by atoms with Gasteiger partial charge in [0.25, 0.3) is 0 Å². The highest BCUT2D eigenvalue weighted by atomic mass is 16.3. The number of phenols is 1. The Morgan fingerprint density at radius 3 is 2.86 bits per heavy atom. The number of hydrogen-bond donors (Lipinski definition) is 1. The average Bonchev–Trinajstić information content (AvgIpc) is 2.98. The normalized spacial score (nSPS) is 35.1. The first-order valence-corrected chi connectivity index (χ1v) is 9.93. The molecule has 3 aliphatic rings. The molecule has 28 heavy (non-hydrogen) atoms. The van der Waals surface area contributed by atoms with Crippen LogP contribution in [-0.2, 0) is 6.42 Å². The minimum absolute atomic E-state index is 0.100. The second kappa shape index (κ2) is 6.98. The van der Waals surface area contributed by atoms with Gasteiger partial charge in [0.05, 0.1) is 6.54 Å². The molecule has 2 saturated carbocycles. The van der Waals surface area contributed by atoms with Crippen molar-refractivity contribution < 1.29 is 5.11 Å². The smallest absolute Gasteiger partial charge is 0.115 e. The van der Waals surface area contributed by atoms with Crippen LogP contribution in [-0.4, -0.2) is 17.2 Å². The van der Waals surface area contributed by atoms with Gasteiger partial charge in [-0.2, -0.15) is 0 Å². The second-order valence-electron chi connectivity index (χ2n) is 8.53. The average molecular weight is 376 g/mol. The van der Waals surface area contributed by atoms with Gasteiger partial charge in [-0.25, -0.2) is 0 Å². The fourth-order valence-electron chi connectivity index (χ4n) is 6.31. The predicted octanol–water partition coefficient (Wildman–Crippen LogP) is 5.61. The van der Waals surface area contributed by atoms with E-state index in [0.29, 0.717) is 23.5 Å². The van der Waals surface area contributed by atoms with Gasteiger partial charge in [0, 0.05) is 9.82 Å². The zero-order valence-electron chi connectivity index (χ0n) is 16.0. The Morgan fingerprint density at radius 1 is 1.21 bits per heavy atom. The molecule has 0 aromatic heterocycles. The first-order chi connectivity index (χ1) is 13.5. The number of phenolic OH excluding ortho intramolecular Hbond substituents is 1. The SMILES string of the molecule is C[C@]12CC[C@@H]3c4ccc(O)cc4CC[C@H]3[C@@H]1CCC2(C#CCN=[N+]=[N-])N=[N+]=[N-]. The summed E-state index contributed by atoms with van der Waals surface area (Å²) < 4.78 is 0. The number of fused-ring (bicyclic) bond motifs is 5. The lowest BCUT2D eigenvalue weighted by Crippen LogP contribution is -2.49. The van der Waals surface area contributed by atoms with Gasteiger partial charge in [0.15, 0.2) is 0 Å². The molecule has 144 valence electrons. The molecule has 5 atom stereocenters. The Bertz CT molecular complexity index is 951. The van der Waals surface area contributed by atoms with Crippen LogP contribution in [0.2, 0.25) is 0 Å². The maximum atomic E-state index is 9.83. The zero-order chi connectivity index (χ0) is 19.8. The summed E-state index contributed by atoms with van der Waals surface area (Å²) in [7, 11) is 0. The van der Waals surface area contributed by atoms with Crippen molar-refractivity contribution in [2.24, 2.45) is 27.5 Å². The molecule has 0 radical (unpaired) electrons. The van der Waals surface area contributed by atoms with Gasteiger partial charge < -0.3 is 5.11 Å². The Labute approximate surface area is 164 Å². The number of azide groups is 2. The van der Waals surface area contributed by atoms with E-state index in [9.17, 15) is 10.6 Å². The van der Waals surface area contributed by atoms with E-state index < -0.39 is 5.54 Å². The van der Waals surface area contributed by atoms with Gasteiger partial charge in [-0.3, -0.25) is 0 Å². The van der Waals surface area contributed by atoms with Crippen molar-refractivity contribution in [1.82, 2.24) is 0 Å². The van der Waals surface area contributed by atoms with Crippen LogP contribution in [0.15, 0.2) is 28.4 Å². The largest absolute Gasteiger partial charge is 0.508 e. The Balaban J connectivity index is 1.69. The Hall–Kier alpha value is -2.80. The quantitative estimate of drug-likeness (QED) is 0.307. The topological polar surface area (TPSA) is 118 Å². The van der Waals surface area contributed by atoms with Gasteiger partial charge in [-0.1, -0.05) is 35.1 Å². The maximum absolute atomic E-state index is 9.83. The van der Waals surface area contributed by atoms with Crippen molar-refractivity contribution in [2.75, 3.05) is 6.54 Å². The number of aryl methyl sites for hydroxylation is 1. The van der Waals surface area contributed by atoms with Crippen LogP contribution in [0.25, 0.3) is 20.9 Å². The molecule has 2 fully saturated rings. The minimum atomic E-state index is -0.725. The van der Waals surface area contributed by atoms with Crippen molar-refractivity contribution in [3.8, 4) is 17.6 Å². The van der Waals surface area contributed by atoms with Gasteiger partial charge in [0.1, 0.15) is 11.3 Å². The van der Waals surface area contributed by atoms with Gasteiger partial charge in [0.2, 0.25) is 0 Å². The number of hydrogen-bond acceptors (Lipinski definition) is 3. The van der Waals surface area contributed by atoms with Crippen LogP contribution in [0.5, 0.6) is 5.75 Å². The molecule has 7 heteroatoms. The molecule has 1 aromatic rings. The molecule has 1 unspecified atom stereocenters. The molecule has 3 aliphatic carbocycles. The summed E-state index contributed by atoms with van der Waals surface area (Å²) in [4.78, 5) is 5.92. The molecular weight excluding hydrogens is 352 g/mol. The van der Waals surface area contributed by atoms with E-state index in [4.69, 9.17) is 5.53 Å². The molecule has 0 bridgehead atoms. The molecule has 0 amide bonds. The van der Waals surface area contributed by atoms with Gasteiger partial charge in [-0.15, -0.1) is 0 Å². The third-order valence-electron chi connectivity index (χ3n) is 7.59. The number of rotatable bonds is 2. The monoisotopic (exact) mass is 376 g/mol. The summed E-state index contributed by atoms with van der Waals surface area (Å²) in [5, 5.41) is 17.6. The highest BCUT2D eigenvalue weighted by Gasteiger charge is 2.61. The van der Waals surface area contributed by atoms with E-state index in [1.807, 2.05) is 6.07 Å². The molecule has 1 aromatic carbocycles. The molecular formula is C21H24N6O. The maximum Gasteiger partial charge on any atom is 0.115 e. The van der Waals surface area contributed by atoms with Crippen molar-refractivity contribution in [3.05, 3.63) is 50.2 Å². The van der Waals surface area contributed by atoms with E-state index >= 15 is 0 Å². The van der Waals surface area contributed by atoms with Crippen molar-refractivity contribution in [2.45, 2.75) is 56.9 Å². The summed E-state index contributed by atoms with van der Waals surface area (Å²) in [6, 6.07) is 5.81. The van der Waals surface area contributed by atoms with Crippen LogP contribution in [0.3, 0.4) is 0 Å².